The van der Waals surface area contributed by atoms with Crippen molar-refractivity contribution in [2.75, 3.05) is 7.11 Å². The first-order chi connectivity index (χ1) is 7.69. The predicted octanol–water partition coefficient (Wildman–Crippen LogP) is 2.97. The van der Waals surface area contributed by atoms with Gasteiger partial charge < -0.3 is 4.74 Å². The molecule has 1 fully saturated rings. The zero-order valence-corrected chi connectivity index (χ0v) is 10.1. The van der Waals surface area contributed by atoms with Crippen molar-refractivity contribution in [2.24, 2.45) is 5.92 Å². The minimum Gasteiger partial charge on any atom is -0.469 e. The number of nitrogens with zero attached hydrogens (tertiary/aromatic N) is 1. The summed E-state index contributed by atoms with van der Waals surface area (Å²) in [7, 11) is 1.41. The van der Waals surface area contributed by atoms with E-state index in [0.29, 0.717) is 6.42 Å². The van der Waals surface area contributed by atoms with Gasteiger partial charge in [-0.2, -0.15) is 5.26 Å². The monoisotopic (exact) mass is 221 g/mol. The molecular weight excluding hydrogens is 202 g/mol. The van der Waals surface area contributed by atoms with Crippen LogP contribution in [0.2, 0.25) is 0 Å². The summed E-state index contributed by atoms with van der Waals surface area (Å²) in [5.74, 6) is -0.101. The molecule has 3 heteroatoms. The Hall–Kier alpha value is -1.30. The first kappa shape index (κ1) is 12.8. The molecule has 0 amide bonds. The molecule has 0 radical (unpaired) electrons. The highest BCUT2D eigenvalue weighted by atomic mass is 16.5. The molecule has 3 nitrogen and oxygen atoms in total. The summed E-state index contributed by atoms with van der Waals surface area (Å²) in [4.78, 5) is 11.0. The van der Waals surface area contributed by atoms with Crippen molar-refractivity contribution in [2.45, 2.75) is 45.4 Å². The van der Waals surface area contributed by atoms with Crippen LogP contribution in [-0.4, -0.2) is 13.1 Å². The third-order valence-electron chi connectivity index (χ3n) is 3.25. The van der Waals surface area contributed by atoms with Gasteiger partial charge in [0.25, 0.3) is 0 Å². The number of hydrogen-bond acceptors (Lipinski definition) is 3. The number of carbonyl (C=O) groups is 1. The normalized spacial score (nSPS) is 23.4. The van der Waals surface area contributed by atoms with Crippen LogP contribution in [0.15, 0.2) is 11.1 Å². The molecule has 0 saturated heterocycles. The fourth-order valence-electron chi connectivity index (χ4n) is 2.22. The van der Waals surface area contributed by atoms with Gasteiger partial charge in [0.2, 0.25) is 0 Å². The maximum absolute atomic E-state index is 11.0. The standard InChI is InChI=1S/C13H19NO2/c1-10(7-8-13(15)16-2)12-6-4-3-5-11(12)9-14/h11H,3-8H2,1-2H3/b12-10+. The van der Waals surface area contributed by atoms with E-state index in [1.54, 1.807) is 0 Å². The molecule has 1 atom stereocenters. The maximum Gasteiger partial charge on any atom is 0.305 e. The SMILES string of the molecule is COC(=O)CC/C(C)=C1\CCCCC1C#N. The van der Waals surface area contributed by atoms with E-state index in [1.807, 2.05) is 6.92 Å². The summed E-state index contributed by atoms with van der Waals surface area (Å²) in [6.45, 7) is 2.04. The van der Waals surface area contributed by atoms with Gasteiger partial charge in [-0.25, -0.2) is 0 Å². The lowest BCUT2D eigenvalue weighted by Gasteiger charge is -2.22. The molecule has 0 N–H and O–H groups in total. The minimum absolute atomic E-state index is 0.0754. The number of hydrogen-bond donors (Lipinski definition) is 0. The number of methoxy groups -OCH3 is 1. The van der Waals surface area contributed by atoms with Gasteiger partial charge in [-0.3, -0.25) is 4.79 Å². The molecule has 0 heterocycles. The van der Waals surface area contributed by atoms with Crippen molar-refractivity contribution in [3.05, 3.63) is 11.1 Å². The number of ether oxygens (including phenoxy) is 1. The van der Waals surface area contributed by atoms with E-state index >= 15 is 0 Å². The fourth-order valence-corrected chi connectivity index (χ4v) is 2.22. The largest absolute Gasteiger partial charge is 0.469 e. The van der Waals surface area contributed by atoms with E-state index < -0.39 is 0 Å². The molecule has 0 bridgehead atoms. The molecule has 0 aromatic rings. The summed E-state index contributed by atoms with van der Waals surface area (Å²) < 4.78 is 4.61. The number of rotatable bonds is 3. The average Bonchev–Trinajstić information content (AvgIpc) is 2.35. The van der Waals surface area contributed by atoms with Crippen molar-refractivity contribution in [1.29, 1.82) is 5.26 Å². The maximum atomic E-state index is 11.0. The molecule has 1 rings (SSSR count). The van der Waals surface area contributed by atoms with Gasteiger partial charge in [0.1, 0.15) is 0 Å². The zero-order chi connectivity index (χ0) is 12.0. The number of esters is 1. The van der Waals surface area contributed by atoms with Crippen LogP contribution in [0.4, 0.5) is 0 Å². The van der Waals surface area contributed by atoms with E-state index in [1.165, 1.54) is 24.7 Å². The van der Waals surface area contributed by atoms with E-state index in [-0.39, 0.29) is 11.9 Å². The lowest BCUT2D eigenvalue weighted by molar-refractivity contribution is -0.140. The lowest BCUT2D eigenvalue weighted by atomic mass is 9.82. The quantitative estimate of drug-likeness (QED) is 0.543. The van der Waals surface area contributed by atoms with Crippen LogP contribution in [0, 0.1) is 17.2 Å². The summed E-state index contributed by atoms with van der Waals surface area (Å²) in [5, 5.41) is 9.06. The highest BCUT2D eigenvalue weighted by Gasteiger charge is 2.20. The van der Waals surface area contributed by atoms with Gasteiger partial charge in [-0.1, -0.05) is 17.6 Å². The Kier molecular flexibility index (Phi) is 5.04. The van der Waals surface area contributed by atoms with E-state index in [9.17, 15) is 4.79 Å². The van der Waals surface area contributed by atoms with E-state index in [2.05, 4.69) is 10.8 Å². The second-order valence-corrected chi connectivity index (χ2v) is 4.31. The van der Waals surface area contributed by atoms with Crippen LogP contribution in [0.25, 0.3) is 0 Å². The smallest absolute Gasteiger partial charge is 0.305 e. The summed E-state index contributed by atoms with van der Waals surface area (Å²) in [6, 6.07) is 2.36. The molecule has 1 aliphatic carbocycles. The van der Waals surface area contributed by atoms with Crippen molar-refractivity contribution >= 4 is 5.97 Å². The second kappa shape index (κ2) is 6.32. The fraction of sp³-hybridized carbons (Fsp3) is 0.692. The Morgan fingerprint density at radius 3 is 2.88 bits per heavy atom. The molecule has 0 aromatic carbocycles. The Balaban J connectivity index is 2.62. The van der Waals surface area contributed by atoms with Crippen LogP contribution in [0.3, 0.4) is 0 Å². The molecule has 16 heavy (non-hydrogen) atoms. The van der Waals surface area contributed by atoms with Gasteiger partial charge in [-0.05, 0) is 32.6 Å². The van der Waals surface area contributed by atoms with Crippen LogP contribution in [0.1, 0.15) is 45.4 Å². The Morgan fingerprint density at radius 2 is 2.25 bits per heavy atom. The van der Waals surface area contributed by atoms with Crippen molar-refractivity contribution in [1.82, 2.24) is 0 Å². The molecule has 88 valence electrons. The first-order valence-corrected chi connectivity index (χ1v) is 5.84. The molecule has 1 aliphatic rings. The van der Waals surface area contributed by atoms with Gasteiger partial charge in [-0.15, -0.1) is 0 Å². The third kappa shape index (κ3) is 3.37. The summed E-state index contributed by atoms with van der Waals surface area (Å²) in [5.41, 5.74) is 2.47. The van der Waals surface area contributed by atoms with Crippen LogP contribution < -0.4 is 0 Å². The molecule has 0 aromatic heterocycles. The van der Waals surface area contributed by atoms with E-state index in [4.69, 9.17) is 5.26 Å². The second-order valence-electron chi connectivity index (χ2n) is 4.31. The van der Waals surface area contributed by atoms with Crippen LogP contribution >= 0.6 is 0 Å². The Labute approximate surface area is 97.1 Å². The van der Waals surface area contributed by atoms with Crippen LogP contribution in [-0.2, 0) is 9.53 Å². The van der Waals surface area contributed by atoms with Crippen molar-refractivity contribution in [3.8, 4) is 6.07 Å². The minimum atomic E-state index is -0.177. The Bertz CT molecular complexity index is 325. The van der Waals surface area contributed by atoms with Crippen molar-refractivity contribution < 1.29 is 9.53 Å². The van der Waals surface area contributed by atoms with Crippen LogP contribution in [0.5, 0.6) is 0 Å². The Morgan fingerprint density at radius 1 is 1.50 bits per heavy atom. The van der Waals surface area contributed by atoms with E-state index in [0.717, 1.165) is 25.7 Å². The summed E-state index contributed by atoms with van der Waals surface area (Å²) >= 11 is 0. The lowest BCUT2D eigenvalue weighted by Crippen LogP contribution is -2.10. The summed E-state index contributed by atoms with van der Waals surface area (Å²) in [6.07, 6.45) is 5.45. The molecule has 0 spiro atoms. The van der Waals surface area contributed by atoms with Crippen molar-refractivity contribution in [3.63, 3.8) is 0 Å². The molecule has 1 unspecified atom stereocenters. The highest BCUT2D eigenvalue weighted by Crippen LogP contribution is 2.32. The highest BCUT2D eigenvalue weighted by molar-refractivity contribution is 5.69. The molecule has 0 aliphatic heterocycles. The number of allylic oxidation sites excluding steroid dienone is 2. The number of nitriles is 1. The first-order valence-electron chi connectivity index (χ1n) is 5.84. The third-order valence-corrected chi connectivity index (χ3v) is 3.25. The van der Waals surface area contributed by atoms with Gasteiger partial charge in [0, 0.05) is 6.42 Å². The number of carbonyl (C=O) groups excluding carboxylic acids is 1. The zero-order valence-electron chi connectivity index (χ0n) is 10.1. The molecular formula is C13H19NO2. The van der Waals surface area contributed by atoms with Gasteiger partial charge >= 0.3 is 5.97 Å². The topological polar surface area (TPSA) is 50.1 Å². The average molecular weight is 221 g/mol. The predicted molar refractivity (Wildman–Crippen MR) is 61.5 cm³/mol. The van der Waals surface area contributed by atoms with Gasteiger partial charge in [0.15, 0.2) is 0 Å². The molecule has 1 saturated carbocycles. The van der Waals surface area contributed by atoms with Gasteiger partial charge in [0.05, 0.1) is 19.1 Å².